The molecule has 0 bridgehead atoms. The molecule has 0 aliphatic rings. The van der Waals surface area contributed by atoms with Crippen LogP contribution in [0, 0.1) is 5.92 Å². The number of benzene rings is 2. The maximum absolute atomic E-state index is 2.36. The molecule has 2 atom stereocenters. The van der Waals surface area contributed by atoms with Gasteiger partial charge in [0.05, 0.1) is 0 Å². The molecular formula is C18H22. The maximum Gasteiger partial charge on any atom is -0.0159 e. The smallest absolute Gasteiger partial charge is 0.0159 e. The molecule has 2 aromatic carbocycles. The summed E-state index contributed by atoms with van der Waals surface area (Å²) in [5.74, 6) is 1.80. The van der Waals surface area contributed by atoms with Crippen LogP contribution in [0.4, 0.5) is 0 Å². The zero-order chi connectivity index (χ0) is 13.0. The molecule has 0 spiro atoms. The Hall–Kier alpha value is -1.56. The highest BCUT2D eigenvalue weighted by atomic mass is 14.3. The molecule has 0 aliphatic heterocycles. The molecule has 2 aromatic rings. The van der Waals surface area contributed by atoms with Crippen molar-refractivity contribution in [3.05, 3.63) is 71.8 Å². The molecule has 0 aliphatic carbocycles. The van der Waals surface area contributed by atoms with E-state index < -0.39 is 0 Å². The third-order valence-electron chi connectivity index (χ3n) is 4.23. The monoisotopic (exact) mass is 238 g/mol. The molecule has 0 N–H and O–H groups in total. The van der Waals surface area contributed by atoms with E-state index in [2.05, 4.69) is 81.4 Å². The Labute approximate surface area is 111 Å². The van der Waals surface area contributed by atoms with Crippen LogP contribution in [0.3, 0.4) is 0 Å². The van der Waals surface area contributed by atoms with E-state index in [1.165, 1.54) is 11.1 Å². The van der Waals surface area contributed by atoms with Gasteiger partial charge in [0, 0.05) is 0 Å². The minimum absolute atomic E-state index is 0.585. The molecule has 0 saturated carbocycles. The first-order valence-corrected chi connectivity index (χ1v) is 6.80. The van der Waals surface area contributed by atoms with Gasteiger partial charge in [-0.05, 0) is 28.9 Å². The summed E-state index contributed by atoms with van der Waals surface area (Å²) in [5.41, 5.74) is 2.88. The van der Waals surface area contributed by atoms with Crippen LogP contribution in [-0.2, 0) is 0 Å². The Morgan fingerprint density at radius 1 is 0.556 bits per heavy atom. The van der Waals surface area contributed by atoms with E-state index in [4.69, 9.17) is 0 Å². The zero-order valence-corrected chi connectivity index (χ0v) is 11.5. The normalized spacial score (nSPS) is 15.9. The number of rotatable bonds is 4. The Morgan fingerprint density at radius 2 is 0.889 bits per heavy atom. The van der Waals surface area contributed by atoms with Crippen LogP contribution in [-0.4, -0.2) is 0 Å². The maximum atomic E-state index is 2.36. The van der Waals surface area contributed by atoms with Crippen molar-refractivity contribution in [1.29, 1.82) is 0 Å². The van der Waals surface area contributed by atoms with E-state index in [9.17, 15) is 0 Å². The predicted octanol–water partition coefficient (Wildman–Crippen LogP) is 5.23. The van der Waals surface area contributed by atoms with Crippen LogP contribution in [0.2, 0.25) is 0 Å². The van der Waals surface area contributed by atoms with E-state index in [0.717, 1.165) is 0 Å². The highest BCUT2D eigenvalue weighted by Gasteiger charge is 2.21. The largest absolute Gasteiger partial charge is 0.0622 e. The zero-order valence-electron chi connectivity index (χ0n) is 11.5. The molecular weight excluding hydrogens is 216 g/mol. The fourth-order valence-electron chi connectivity index (χ4n) is 2.55. The summed E-state index contributed by atoms with van der Waals surface area (Å²) in [6.45, 7) is 7.02. The molecule has 0 heterocycles. The van der Waals surface area contributed by atoms with Crippen LogP contribution < -0.4 is 0 Å². The Balaban J connectivity index is 2.14. The number of hydrogen-bond donors (Lipinski definition) is 0. The second-order valence-electron chi connectivity index (χ2n) is 5.26. The van der Waals surface area contributed by atoms with Crippen LogP contribution in [0.1, 0.15) is 43.7 Å². The molecule has 94 valence electrons. The van der Waals surface area contributed by atoms with Crippen molar-refractivity contribution in [2.45, 2.75) is 32.6 Å². The fourth-order valence-corrected chi connectivity index (χ4v) is 2.55. The van der Waals surface area contributed by atoms with E-state index >= 15 is 0 Å². The first-order chi connectivity index (χ1) is 8.70. The summed E-state index contributed by atoms with van der Waals surface area (Å²) in [5, 5.41) is 0. The fraction of sp³-hybridized carbons (Fsp3) is 0.333. The van der Waals surface area contributed by atoms with E-state index in [1.54, 1.807) is 0 Å². The third-order valence-corrected chi connectivity index (χ3v) is 4.23. The van der Waals surface area contributed by atoms with Crippen LogP contribution in [0.15, 0.2) is 60.7 Å². The van der Waals surface area contributed by atoms with Gasteiger partial charge >= 0.3 is 0 Å². The van der Waals surface area contributed by atoms with Gasteiger partial charge < -0.3 is 0 Å². The van der Waals surface area contributed by atoms with E-state index in [0.29, 0.717) is 17.8 Å². The summed E-state index contributed by atoms with van der Waals surface area (Å²) in [4.78, 5) is 0. The summed E-state index contributed by atoms with van der Waals surface area (Å²) < 4.78 is 0. The van der Waals surface area contributed by atoms with Crippen molar-refractivity contribution in [2.75, 3.05) is 0 Å². The summed E-state index contributed by atoms with van der Waals surface area (Å²) in [7, 11) is 0. The Morgan fingerprint density at radius 3 is 1.22 bits per heavy atom. The minimum atomic E-state index is 0.585. The molecule has 0 saturated heterocycles. The lowest BCUT2D eigenvalue weighted by atomic mass is 9.78. The SMILES string of the molecule is CC(c1ccccc1)C(C)C(C)c1ccccc1. The van der Waals surface area contributed by atoms with Gasteiger partial charge in [-0.15, -0.1) is 0 Å². The van der Waals surface area contributed by atoms with Crippen molar-refractivity contribution in [2.24, 2.45) is 5.92 Å². The van der Waals surface area contributed by atoms with Gasteiger partial charge in [-0.3, -0.25) is 0 Å². The molecule has 2 unspecified atom stereocenters. The average molecular weight is 238 g/mol. The van der Waals surface area contributed by atoms with Gasteiger partial charge in [-0.2, -0.15) is 0 Å². The van der Waals surface area contributed by atoms with Crippen molar-refractivity contribution in [3.63, 3.8) is 0 Å². The number of hydrogen-bond acceptors (Lipinski definition) is 0. The van der Waals surface area contributed by atoms with Crippen molar-refractivity contribution >= 4 is 0 Å². The topological polar surface area (TPSA) is 0 Å². The first-order valence-electron chi connectivity index (χ1n) is 6.80. The molecule has 0 fully saturated rings. The summed E-state index contributed by atoms with van der Waals surface area (Å²) in [6, 6.07) is 21.6. The quantitative estimate of drug-likeness (QED) is 0.684. The minimum Gasteiger partial charge on any atom is -0.0622 e. The molecule has 0 nitrogen and oxygen atoms in total. The van der Waals surface area contributed by atoms with Gasteiger partial charge in [0.2, 0.25) is 0 Å². The predicted molar refractivity (Wildman–Crippen MR) is 78.9 cm³/mol. The lowest BCUT2D eigenvalue weighted by Crippen LogP contribution is -2.13. The van der Waals surface area contributed by atoms with Crippen LogP contribution in [0.25, 0.3) is 0 Å². The van der Waals surface area contributed by atoms with Crippen LogP contribution >= 0.6 is 0 Å². The Bertz CT molecular complexity index is 412. The molecule has 2 rings (SSSR count). The second-order valence-corrected chi connectivity index (χ2v) is 5.26. The highest BCUT2D eigenvalue weighted by molar-refractivity contribution is 5.24. The van der Waals surface area contributed by atoms with Crippen LogP contribution in [0.5, 0.6) is 0 Å². The van der Waals surface area contributed by atoms with Gasteiger partial charge in [0.25, 0.3) is 0 Å². The molecule has 18 heavy (non-hydrogen) atoms. The van der Waals surface area contributed by atoms with Gasteiger partial charge in [0.15, 0.2) is 0 Å². The molecule has 0 amide bonds. The molecule has 0 radical (unpaired) electrons. The third kappa shape index (κ3) is 2.81. The molecule has 0 heteroatoms. The lowest BCUT2D eigenvalue weighted by Gasteiger charge is -2.27. The van der Waals surface area contributed by atoms with Gasteiger partial charge in [-0.1, -0.05) is 81.4 Å². The molecule has 0 aromatic heterocycles. The summed E-state index contributed by atoms with van der Waals surface area (Å²) in [6.07, 6.45) is 0. The lowest BCUT2D eigenvalue weighted by molar-refractivity contribution is 0.417. The Kier molecular flexibility index (Phi) is 4.19. The van der Waals surface area contributed by atoms with Crippen molar-refractivity contribution < 1.29 is 0 Å². The van der Waals surface area contributed by atoms with E-state index in [1.807, 2.05) is 0 Å². The van der Waals surface area contributed by atoms with Gasteiger partial charge in [-0.25, -0.2) is 0 Å². The highest BCUT2D eigenvalue weighted by Crippen LogP contribution is 2.34. The van der Waals surface area contributed by atoms with E-state index in [-0.39, 0.29) is 0 Å². The van der Waals surface area contributed by atoms with Gasteiger partial charge in [0.1, 0.15) is 0 Å². The average Bonchev–Trinajstić information content (AvgIpc) is 2.47. The first kappa shape index (κ1) is 12.9. The standard InChI is InChI=1S/C18H22/c1-14(15(2)17-10-6-4-7-11-17)16(3)18-12-8-5-9-13-18/h4-16H,1-3H3. The van der Waals surface area contributed by atoms with Crippen molar-refractivity contribution in [1.82, 2.24) is 0 Å². The van der Waals surface area contributed by atoms with Crippen molar-refractivity contribution in [3.8, 4) is 0 Å². The summed E-state index contributed by atoms with van der Waals surface area (Å²) >= 11 is 0. The second kappa shape index (κ2) is 5.86.